The van der Waals surface area contributed by atoms with Gasteiger partial charge in [0.15, 0.2) is 0 Å². The second-order valence-corrected chi connectivity index (χ2v) is 4.66. The zero-order valence-electron chi connectivity index (χ0n) is 9.87. The Balaban J connectivity index is 2.34. The third kappa shape index (κ3) is 3.74. The average molecular weight is 223 g/mol. The van der Waals surface area contributed by atoms with Crippen molar-refractivity contribution in [1.29, 1.82) is 0 Å². The topological polar surface area (TPSA) is 70.6 Å². The summed E-state index contributed by atoms with van der Waals surface area (Å²) in [7, 11) is 0. The summed E-state index contributed by atoms with van der Waals surface area (Å²) in [6.45, 7) is 2.98. The summed E-state index contributed by atoms with van der Waals surface area (Å²) in [6, 6.07) is 0.148. The van der Waals surface area contributed by atoms with Gasteiger partial charge in [-0.1, -0.05) is 24.4 Å². The average Bonchev–Trinajstić information content (AvgIpc) is 3.04. The fourth-order valence-corrected chi connectivity index (χ4v) is 1.89. The van der Waals surface area contributed by atoms with Crippen LogP contribution in [0.3, 0.4) is 0 Å². The van der Waals surface area contributed by atoms with Crippen LogP contribution in [0.2, 0.25) is 0 Å². The number of oxime groups is 1. The Hall–Kier alpha value is -1.21. The van der Waals surface area contributed by atoms with E-state index in [1.54, 1.807) is 0 Å². The van der Waals surface area contributed by atoms with Gasteiger partial charge in [0, 0.05) is 13.0 Å². The lowest BCUT2D eigenvalue weighted by Gasteiger charge is -2.18. The standard InChI is InChI=1S/C12H21N3O/c1-3-5-10(4-2)14-9-12(6-7-12)8-11(13)15-16/h2,10,14,16H,3,5-9H2,1H3,(H2,13,15). The quantitative estimate of drug-likeness (QED) is 0.200. The normalized spacial score (nSPS) is 20.1. The fraction of sp³-hybridized carbons (Fsp3) is 0.750. The maximum atomic E-state index is 8.54. The lowest BCUT2D eigenvalue weighted by molar-refractivity contribution is 0.314. The van der Waals surface area contributed by atoms with Crippen molar-refractivity contribution < 1.29 is 5.21 Å². The second kappa shape index (κ2) is 5.76. The molecule has 1 aliphatic carbocycles. The van der Waals surface area contributed by atoms with E-state index in [9.17, 15) is 0 Å². The monoisotopic (exact) mass is 223 g/mol. The van der Waals surface area contributed by atoms with Crippen molar-refractivity contribution in [2.45, 2.75) is 45.1 Å². The molecule has 0 aliphatic heterocycles. The minimum atomic E-state index is 0.148. The fourth-order valence-electron chi connectivity index (χ4n) is 1.89. The molecule has 0 heterocycles. The van der Waals surface area contributed by atoms with E-state index in [2.05, 4.69) is 23.3 Å². The Morgan fingerprint density at radius 1 is 1.69 bits per heavy atom. The highest BCUT2D eigenvalue weighted by Crippen LogP contribution is 2.48. The number of nitrogens with zero attached hydrogens (tertiary/aromatic N) is 1. The SMILES string of the molecule is C#CC(CCC)NCC1(CC(N)=NO)CC1. The molecule has 90 valence electrons. The summed E-state index contributed by atoms with van der Waals surface area (Å²) < 4.78 is 0. The van der Waals surface area contributed by atoms with Crippen molar-refractivity contribution in [3.05, 3.63) is 0 Å². The van der Waals surface area contributed by atoms with Gasteiger partial charge in [0.2, 0.25) is 0 Å². The number of nitrogens with two attached hydrogens (primary N) is 1. The summed E-state index contributed by atoms with van der Waals surface area (Å²) >= 11 is 0. The molecule has 1 rings (SSSR count). The Labute approximate surface area is 97.3 Å². The van der Waals surface area contributed by atoms with Gasteiger partial charge < -0.3 is 16.3 Å². The smallest absolute Gasteiger partial charge is 0.139 e. The van der Waals surface area contributed by atoms with E-state index in [1.807, 2.05) is 0 Å². The predicted octanol–water partition coefficient (Wildman–Crippen LogP) is 1.29. The first kappa shape index (κ1) is 12.9. The molecule has 4 N–H and O–H groups in total. The maximum absolute atomic E-state index is 8.54. The summed E-state index contributed by atoms with van der Waals surface area (Å²) in [5.41, 5.74) is 5.71. The summed E-state index contributed by atoms with van der Waals surface area (Å²) in [5.74, 6) is 3.06. The van der Waals surface area contributed by atoms with Crippen molar-refractivity contribution in [2.24, 2.45) is 16.3 Å². The first-order valence-electron chi connectivity index (χ1n) is 5.81. The number of hydrogen-bond acceptors (Lipinski definition) is 3. The molecular weight excluding hydrogens is 202 g/mol. The van der Waals surface area contributed by atoms with Crippen molar-refractivity contribution >= 4 is 5.84 Å². The second-order valence-electron chi connectivity index (χ2n) is 4.66. The molecule has 0 aromatic heterocycles. The highest BCUT2D eigenvalue weighted by Gasteiger charge is 2.43. The van der Waals surface area contributed by atoms with E-state index in [4.69, 9.17) is 17.4 Å². The lowest BCUT2D eigenvalue weighted by atomic mass is 10.0. The van der Waals surface area contributed by atoms with Gasteiger partial charge in [-0.15, -0.1) is 6.42 Å². The Bertz CT molecular complexity index is 289. The van der Waals surface area contributed by atoms with Crippen LogP contribution in [0.5, 0.6) is 0 Å². The molecule has 0 aromatic rings. The van der Waals surface area contributed by atoms with Crippen molar-refractivity contribution in [1.82, 2.24) is 5.32 Å². The minimum absolute atomic E-state index is 0.148. The van der Waals surface area contributed by atoms with Gasteiger partial charge in [0.05, 0.1) is 6.04 Å². The van der Waals surface area contributed by atoms with Gasteiger partial charge in [-0.05, 0) is 24.7 Å². The lowest BCUT2D eigenvalue weighted by Crippen LogP contribution is -2.34. The van der Waals surface area contributed by atoms with Crippen LogP contribution >= 0.6 is 0 Å². The van der Waals surface area contributed by atoms with Gasteiger partial charge in [-0.3, -0.25) is 0 Å². The van der Waals surface area contributed by atoms with Gasteiger partial charge in [0.25, 0.3) is 0 Å². The van der Waals surface area contributed by atoms with Crippen LogP contribution in [-0.2, 0) is 0 Å². The maximum Gasteiger partial charge on any atom is 0.139 e. The third-order valence-electron chi connectivity index (χ3n) is 3.14. The molecule has 4 nitrogen and oxygen atoms in total. The molecule has 1 aliphatic rings. The summed E-state index contributed by atoms with van der Waals surface area (Å²) in [5, 5.41) is 14.9. The van der Waals surface area contributed by atoms with E-state index in [0.29, 0.717) is 12.3 Å². The van der Waals surface area contributed by atoms with E-state index < -0.39 is 0 Å². The Kier molecular flexibility index (Phi) is 4.63. The van der Waals surface area contributed by atoms with Gasteiger partial charge in [0.1, 0.15) is 5.84 Å². The van der Waals surface area contributed by atoms with E-state index in [-0.39, 0.29) is 11.5 Å². The van der Waals surface area contributed by atoms with Crippen molar-refractivity contribution in [2.75, 3.05) is 6.54 Å². The minimum Gasteiger partial charge on any atom is -0.409 e. The highest BCUT2D eigenvalue weighted by atomic mass is 16.4. The molecule has 1 fully saturated rings. The molecule has 4 heteroatoms. The molecule has 1 unspecified atom stereocenters. The first-order valence-corrected chi connectivity index (χ1v) is 5.81. The number of rotatable bonds is 7. The van der Waals surface area contributed by atoms with Crippen LogP contribution in [-0.4, -0.2) is 23.6 Å². The number of hydrogen-bond donors (Lipinski definition) is 3. The van der Waals surface area contributed by atoms with Crippen molar-refractivity contribution in [3.8, 4) is 12.3 Å². The highest BCUT2D eigenvalue weighted by molar-refractivity contribution is 5.80. The molecular formula is C12H21N3O. The van der Waals surface area contributed by atoms with Crippen LogP contribution in [0.15, 0.2) is 5.16 Å². The van der Waals surface area contributed by atoms with E-state index in [0.717, 1.165) is 32.2 Å². The summed E-state index contributed by atoms with van der Waals surface area (Å²) in [4.78, 5) is 0. The third-order valence-corrected chi connectivity index (χ3v) is 3.14. The predicted molar refractivity (Wildman–Crippen MR) is 65.2 cm³/mol. The number of nitrogens with one attached hydrogen (secondary N) is 1. The van der Waals surface area contributed by atoms with Crippen LogP contribution in [0.1, 0.15) is 39.0 Å². The molecule has 0 aromatic carbocycles. The largest absolute Gasteiger partial charge is 0.409 e. The zero-order valence-corrected chi connectivity index (χ0v) is 9.87. The van der Waals surface area contributed by atoms with Gasteiger partial charge >= 0.3 is 0 Å². The first-order chi connectivity index (χ1) is 7.65. The molecule has 0 saturated heterocycles. The van der Waals surface area contributed by atoms with E-state index >= 15 is 0 Å². The van der Waals surface area contributed by atoms with Crippen LogP contribution in [0, 0.1) is 17.8 Å². The Morgan fingerprint density at radius 3 is 2.81 bits per heavy atom. The zero-order chi connectivity index (χ0) is 12.0. The molecule has 0 bridgehead atoms. The Morgan fingerprint density at radius 2 is 2.38 bits per heavy atom. The number of amidine groups is 1. The van der Waals surface area contributed by atoms with Crippen molar-refractivity contribution in [3.63, 3.8) is 0 Å². The molecule has 16 heavy (non-hydrogen) atoms. The molecule has 0 spiro atoms. The van der Waals surface area contributed by atoms with Crippen LogP contribution < -0.4 is 11.1 Å². The van der Waals surface area contributed by atoms with Gasteiger partial charge in [-0.25, -0.2) is 0 Å². The molecule has 1 saturated carbocycles. The van der Waals surface area contributed by atoms with Crippen LogP contribution in [0.25, 0.3) is 0 Å². The molecule has 1 atom stereocenters. The summed E-state index contributed by atoms with van der Waals surface area (Å²) in [6.07, 6.45) is 10.4. The van der Waals surface area contributed by atoms with Gasteiger partial charge in [-0.2, -0.15) is 0 Å². The van der Waals surface area contributed by atoms with E-state index in [1.165, 1.54) is 0 Å². The molecule has 0 radical (unpaired) electrons. The molecule has 0 amide bonds. The van der Waals surface area contributed by atoms with Crippen LogP contribution in [0.4, 0.5) is 0 Å². The number of terminal acetylenes is 1.